The van der Waals surface area contributed by atoms with E-state index in [0.29, 0.717) is 41.6 Å². The molecule has 202 valence electrons. The monoisotopic (exact) mass is 567 g/mol. The van der Waals surface area contributed by atoms with E-state index in [-0.39, 0.29) is 5.97 Å². The van der Waals surface area contributed by atoms with Crippen molar-refractivity contribution in [3.8, 4) is 11.1 Å². The number of ether oxygens (including phenoxy) is 1. The molecule has 1 heterocycles. The maximum atomic E-state index is 13.8. The summed E-state index contributed by atoms with van der Waals surface area (Å²) in [6.45, 7) is 2.78. The Hall–Kier alpha value is -3.79. The molecule has 0 fully saturated rings. The zero-order valence-corrected chi connectivity index (χ0v) is 24.0. The minimum absolute atomic E-state index is 0.299. The predicted molar refractivity (Wildman–Crippen MR) is 164 cm³/mol. The lowest BCUT2D eigenvalue weighted by Gasteiger charge is -2.16. The molecule has 3 nitrogen and oxygen atoms in total. The van der Waals surface area contributed by atoms with Crippen molar-refractivity contribution in [1.82, 2.24) is 4.57 Å². The minimum Gasteiger partial charge on any atom is -0.462 e. The van der Waals surface area contributed by atoms with Gasteiger partial charge in [0.05, 0.1) is 22.2 Å². The van der Waals surface area contributed by atoms with E-state index in [0.717, 1.165) is 40.1 Å². The number of aromatic nitrogens is 1. The molecule has 0 radical (unpaired) electrons. The summed E-state index contributed by atoms with van der Waals surface area (Å²) in [7, 11) is 0. The first-order valence-electron chi connectivity index (χ1n) is 13.5. The Kier molecular flexibility index (Phi) is 9.05. The van der Waals surface area contributed by atoms with Crippen LogP contribution >= 0.6 is 23.2 Å². The topological polar surface area (TPSA) is 31.2 Å². The first-order chi connectivity index (χ1) is 19.5. The Morgan fingerprint density at radius 1 is 0.700 bits per heavy atom. The molecule has 4 aromatic carbocycles. The van der Waals surface area contributed by atoms with Crippen molar-refractivity contribution in [3.05, 3.63) is 153 Å². The van der Waals surface area contributed by atoms with E-state index >= 15 is 0 Å². The lowest BCUT2D eigenvalue weighted by atomic mass is 9.96. The van der Waals surface area contributed by atoms with Crippen LogP contribution in [-0.2, 0) is 30.5 Å². The molecule has 0 saturated carbocycles. The van der Waals surface area contributed by atoms with Gasteiger partial charge in [0.2, 0.25) is 0 Å². The van der Waals surface area contributed by atoms with Gasteiger partial charge in [0.1, 0.15) is 0 Å². The lowest BCUT2D eigenvalue weighted by Crippen LogP contribution is -2.13. The molecule has 0 spiro atoms. The average molecular weight is 569 g/mol. The van der Waals surface area contributed by atoms with Gasteiger partial charge in [-0.25, -0.2) is 4.79 Å². The number of esters is 1. The van der Waals surface area contributed by atoms with Crippen LogP contribution < -0.4 is 0 Å². The van der Waals surface area contributed by atoms with Gasteiger partial charge < -0.3 is 9.30 Å². The number of carbonyl (C=O) groups excluding carboxylic acids is 1. The number of nitrogens with zero attached hydrogens (tertiary/aromatic N) is 1. The molecule has 5 heteroatoms. The van der Waals surface area contributed by atoms with E-state index in [9.17, 15) is 4.79 Å². The van der Waals surface area contributed by atoms with Crippen molar-refractivity contribution in [2.75, 3.05) is 6.61 Å². The normalized spacial score (nSPS) is 11.0. The second-order valence-corrected chi connectivity index (χ2v) is 10.5. The highest BCUT2D eigenvalue weighted by atomic mass is 35.5. The van der Waals surface area contributed by atoms with Gasteiger partial charge in [-0.1, -0.05) is 120 Å². The molecule has 5 rings (SSSR count). The second-order valence-electron chi connectivity index (χ2n) is 9.71. The fourth-order valence-corrected chi connectivity index (χ4v) is 5.53. The minimum atomic E-state index is -0.299. The van der Waals surface area contributed by atoms with Crippen molar-refractivity contribution in [1.29, 1.82) is 0 Å². The Balaban J connectivity index is 1.76. The maximum Gasteiger partial charge on any atom is 0.340 e. The zero-order valence-electron chi connectivity index (χ0n) is 22.4. The van der Waals surface area contributed by atoms with Crippen molar-refractivity contribution in [2.45, 2.75) is 32.7 Å². The molecule has 0 amide bonds. The number of aryl methyl sites for hydroxylation is 1. The van der Waals surface area contributed by atoms with E-state index in [2.05, 4.69) is 53.1 Å². The molecule has 0 aliphatic rings. The van der Waals surface area contributed by atoms with Crippen molar-refractivity contribution in [3.63, 3.8) is 0 Å². The quantitative estimate of drug-likeness (QED) is 0.157. The van der Waals surface area contributed by atoms with Crippen molar-refractivity contribution >= 4 is 29.2 Å². The summed E-state index contributed by atoms with van der Waals surface area (Å²) in [4.78, 5) is 13.8. The smallest absolute Gasteiger partial charge is 0.340 e. The third-order valence-corrected chi connectivity index (χ3v) is 7.79. The zero-order chi connectivity index (χ0) is 27.9. The number of carbonyl (C=O) groups is 1. The molecule has 5 aromatic rings. The summed E-state index contributed by atoms with van der Waals surface area (Å²) in [6.07, 6.45) is 2.06. The molecule has 0 aliphatic heterocycles. The van der Waals surface area contributed by atoms with Crippen LogP contribution in [0.4, 0.5) is 0 Å². The first kappa shape index (κ1) is 27.8. The SMILES string of the molecule is CCOC(=O)c1c(-c2ccccc2)c(Cc2ccc(Cl)c(Cl)c2)n(Cc2ccccc2)c1CCc1ccccc1. The summed E-state index contributed by atoms with van der Waals surface area (Å²) in [6, 6.07) is 36.6. The predicted octanol–water partition coefficient (Wildman–Crippen LogP) is 9.06. The van der Waals surface area contributed by atoms with Crippen LogP contribution in [0, 0.1) is 0 Å². The standard InChI is InChI=1S/C35H31Cl2NO2/c1-2-40-35(39)34-31(21-19-25-12-6-3-7-13-25)38(24-26-14-8-4-9-15-26)32(33(34)28-16-10-5-11-17-28)23-27-18-20-29(36)30(37)22-27/h3-18,20,22H,2,19,21,23-24H2,1H3. The van der Waals surface area contributed by atoms with E-state index < -0.39 is 0 Å². The van der Waals surface area contributed by atoms with E-state index in [1.165, 1.54) is 5.56 Å². The highest BCUT2D eigenvalue weighted by Gasteiger charge is 2.29. The Labute approximate surface area is 246 Å². The Bertz CT molecular complexity index is 1580. The molecule has 0 atom stereocenters. The molecule has 0 unspecified atom stereocenters. The highest BCUT2D eigenvalue weighted by Crippen LogP contribution is 2.37. The Morgan fingerprint density at radius 2 is 1.32 bits per heavy atom. The molecule has 40 heavy (non-hydrogen) atoms. The van der Waals surface area contributed by atoms with Gasteiger partial charge in [0, 0.05) is 29.9 Å². The fourth-order valence-electron chi connectivity index (χ4n) is 5.21. The number of halogens is 2. The van der Waals surface area contributed by atoms with Gasteiger partial charge in [0.15, 0.2) is 0 Å². The first-order valence-corrected chi connectivity index (χ1v) is 14.3. The Morgan fingerprint density at radius 3 is 1.95 bits per heavy atom. The van der Waals surface area contributed by atoms with Gasteiger partial charge in [-0.2, -0.15) is 0 Å². The molecule has 1 aromatic heterocycles. The number of hydrogen-bond donors (Lipinski definition) is 0. The van der Waals surface area contributed by atoms with Crippen LogP contribution in [0.5, 0.6) is 0 Å². The lowest BCUT2D eigenvalue weighted by molar-refractivity contribution is 0.0525. The fraction of sp³-hybridized carbons (Fsp3) is 0.171. The van der Waals surface area contributed by atoms with Crippen molar-refractivity contribution < 1.29 is 9.53 Å². The molecule has 0 bridgehead atoms. The van der Waals surface area contributed by atoms with Crippen molar-refractivity contribution in [2.24, 2.45) is 0 Å². The molecule has 0 saturated heterocycles. The van der Waals surface area contributed by atoms with Gasteiger partial charge in [-0.3, -0.25) is 0 Å². The summed E-state index contributed by atoms with van der Waals surface area (Å²) >= 11 is 12.7. The van der Waals surface area contributed by atoms with Crippen LogP contribution in [0.1, 0.15) is 45.4 Å². The molecular weight excluding hydrogens is 537 g/mol. The number of hydrogen-bond acceptors (Lipinski definition) is 2. The van der Waals surface area contributed by atoms with Crippen LogP contribution in [-0.4, -0.2) is 17.1 Å². The highest BCUT2D eigenvalue weighted by molar-refractivity contribution is 6.42. The number of rotatable bonds is 10. The van der Waals surface area contributed by atoms with Crippen LogP contribution in [0.3, 0.4) is 0 Å². The molecule has 0 N–H and O–H groups in total. The summed E-state index contributed by atoms with van der Waals surface area (Å²) in [5.41, 5.74) is 7.93. The third kappa shape index (κ3) is 6.33. The average Bonchev–Trinajstić information content (AvgIpc) is 3.28. The van der Waals surface area contributed by atoms with Crippen LogP contribution in [0.15, 0.2) is 109 Å². The molecule has 0 aliphatic carbocycles. The van der Waals surface area contributed by atoms with Gasteiger partial charge in [0.25, 0.3) is 0 Å². The third-order valence-electron chi connectivity index (χ3n) is 7.05. The summed E-state index contributed by atoms with van der Waals surface area (Å²) in [5.74, 6) is -0.299. The summed E-state index contributed by atoms with van der Waals surface area (Å²) in [5, 5.41) is 1.03. The number of benzene rings is 4. The second kappa shape index (κ2) is 13.0. The van der Waals surface area contributed by atoms with Gasteiger partial charge in [-0.05, 0) is 54.2 Å². The van der Waals surface area contributed by atoms with Gasteiger partial charge in [-0.15, -0.1) is 0 Å². The summed E-state index contributed by atoms with van der Waals surface area (Å²) < 4.78 is 8.01. The largest absolute Gasteiger partial charge is 0.462 e. The molecular formula is C35H31Cl2NO2. The van der Waals surface area contributed by atoms with E-state index in [1.54, 1.807) is 0 Å². The maximum absolute atomic E-state index is 13.8. The van der Waals surface area contributed by atoms with Crippen LogP contribution in [0.2, 0.25) is 10.0 Å². The van der Waals surface area contributed by atoms with E-state index in [4.69, 9.17) is 27.9 Å². The van der Waals surface area contributed by atoms with Crippen LogP contribution in [0.25, 0.3) is 11.1 Å². The van der Waals surface area contributed by atoms with E-state index in [1.807, 2.05) is 67.6 Å². The van der Waals surface area contributed by atoms with Gasteiger partial charge >= 0.3 is 5.97 Å².